The number of hydrogen-bond acceptors (Lipinski definition) is 6. The van der Waals surface area contributed by atoms with Crippen LogP contribution in [-0.4, -0.2) is 35.8 Å². The number of aliphatic hydroxyl groups excluding tert-OH is 1. The Labute approximate surface area is 148 Å². The largest absolute Gasteiger partial charge is 0.396 e. The number of nitrogens with zero attached hydrogens (tertiary/aromatic N) is 5. The topological polar surface area (TPSA) is 98.5 Å². The van der Waals surface area contributed by atoms with Crippen molar-refractivity contribution in [1.82, 2.24) is 24.1 Å². The predicted octanol–water partition coefficient (Wildman–Crippen LogP) is 2.38. The van der Waals surface area contributed by atoms with E-state index in [0.717, 1.165) is 11.0 Å². The zero-order chi connectivity index (χ0) is 18.4. The number of para-hydroxylation sites is 2. The summed E-state index contributed by atoms with van der Waals surface area (Å²) in [6, 6.07) is 7.67. The third kappa shape index (κ3) is 2.33. The fourth-order valence-electron chi connectivity index (χ4n) is 3.11. The van der Waals surface area contributed by atoms with Crippen LogP contribution < -0.4 is 5.56 Å². The predicted molar refractivity (Wildman–Crippen MR) is 96.1 cm³/mol. The number of aliphatic hydroxyl groups is 1. The highest BCUT2D eigenvalue weighted by atomic mass is 16.5. The van der Waals surface area contributed by atoms with Crippen LogP contribution in [0.3, 0.4) is 0 Å². The van der Waals surface area contributed by atoms with Crippen LogP contribution in [0.15, 0.2) is 39.9 Å². The standard InChI is InChI=1S/C18H19N5O3/c1-10(2)23-13-7-5-4-6-12(13)22-9-19-14(15(22)18(23)25)17-20-16(21-26-17)11(3)8-24/h4-7,9-11,24H,8H2,1-3H3. The van der Waals surface area contributed by atoms with E-state index in [-0.39, 0.29) is 30.0 Å². The maximum absolute atomic E-state index is 13.2. The molecule has 134 valence electrons. The molecular formula is C18H19N5O3. The van der Waals surface area contributed by atoms with E-state index < -0.39 is 0 Å². The SMILES string of the molecule is CC(CO)c1noc(-c2ncn3c2c(=O)n(C(C)C)c2ccccc23)n1. The van der Waals surface area contributed by atoms with E-state index in [1.54, 1.807) is 22.2 Å². The maximum Gasteiger partial charge on any atom is 0.278 e. The van der Waals surface area contributed by atoms with Gasteiger partial charge < -0.3 is 14.2 Å². The van der Waals surface area contributed by atoms with Crippen molar-refractivity contribution in [3.8, 4) is 11.6 Å². The van der Waals surface area contributed by atoms with Crippen LogP contribution in [0.25, 0.3) is 28.1 Å². The van der Waals surface area contributed by atoms with Crippen LogP contribution in [0.4, 0.5) is 0 Å². The summed E-state index contributed by atoms with van der Waals surface area (Å²) >= 11 is 0. The quantitative estimate of drug-likeness (QED) is 0.605. The summed E-state index contributed by atoms with van der Waals surface area (Å²) in [6.45, 7) is 5.63. The summed E-state index contributed by atoms with van der Waals surface area (Å²) in [5, 5.41) is 13.2. The molecule has 1 aromatic carbocycles. The van der Waals surface area contributed by atoms with Crippen LogP contribution in [0.2, 0.25) is 0 Å². The highest BCUT2D eigenvalue weighted by Crippen LogP contribution is 2.25. The van der Waals surface area contributed by atoms with Gasteiger partial charge in [0, 0.05) is 12.0 Å². The Morgan fingerprint density at radius 3 is 2.62 bits per heavy atom. The van der Waals surface area contributed by atoms with Crippen LogP contribution in [0.5, 0.6) is 0 Å². The van der Waals surface area contributed by atoms with E-state index in [4.69, 9.17) is 4.52 Å². The van der Waals surface area contributed by atoms with Crippen molar-refractivity contribution in [1.29, 1.82) is 0 Å². The van der Waals surface area contributed by atoms with Gasteiger partial charge in [0.05, 0.1) is 17.6 Å². The van der Waals surface area contributed by atoms with Gasteiger partial charge in [-0.3, -0.25) is 9.20 Å². The highest BCUT2D eigenvalue weighted by Gasteiger charge is 2.22. The van der Waals surface area contributed by atoms with Crippen molar-refractivity contribution >= 4 is 16.6 Å². The van der Waals surface area contributed by atoms with Crippen molar-refractivity contribution in [2.45, 2.75) is 32.7 Å². The van der Waals surface area contributed by atoms with Gasteiger partial charge in [0.1, 0.15) is 11.8 Å². The van der Waals surface area contributed by atoms with Gasteiger partial charge in [-0.05, 0) is 26.0 Å². The monoisotopic (exact) mass is 353 g/mol. The molecule has 0 aliphatic rings. The Balaban J connectivity index is 2.04. The summed E-state index contributed by atoms with van der Waals surface area (Å²) in [6.07, 6.45) is 1.60. The lowest BCUT2D eigenvalue weighted by atomic mass is 10.2. The van der Waals surface area contributed by atoms with Crippen molar-refractivity contribution in [2.75, 3.05) is 6.61 Å². The minimum atomic E-state index is -0.255. The highest BCUT2D eigenvalue weighted by molar-refractivity contribution is 5.83. The fourth-order valence-corrected chi connectivity index (χ4v) is 3.11. The summed E-state index contributed by atoms with van der Waals surface area (Å²) < 4.78 is 8.81. The molecule has 1 unspecified atom stereocenters. The number of imidazole rings is 1. The number of aromatic nitrogens is 5. The van der Waals surface area contributed by atoms with Crippen molar-refractivity contribution in [3.63, 3.8) is 0 Å². The average molecular weight is 353 g/mol. The van der Waals surface area contributed by atoms with Gasteiger partial charge in [-0.15, -0.1) is 0 Å². The Morgan fingerprint density at radius 2 is 1.92 bits per heavy atom. The first kappa shape index (κ1) is 16.5. The number of hydrogen-bond donors (Lipinski definition) is 1. The minimum absolute atomic E-state index is 0.0205. The molecule has 8 nitrogen and oxygen atoms in total. The van der Waals surface area contributed by atoms with Crippen molar-refractivity contribution in [3.05, 3.63) is 46.8 Å². The molecule has 0 saturated heterocycles. The Morgan fingerprint density at radius 1 is 1.19 bits per heavy atom. The lowest BCUT2D eigenvalue weighted by molar-refractivity contribution is 0.265. The molecule has 0 radical (unpaired) electrons. The van der Waals surface area contributed by atoms with E-state index >= 15 is 0 Å². The van der Waals surface area contributed by atoms with Gasteiger partial charge in [0.25, 0.3) is 11.4 Å². The van der Waals surface area contributed by atoms with Gasteiger partial charge in [-0.25, -0.2) is 4.98 Å². The second-order valence-corrected chi connectivity index (χ2v) is 6.61. The zero-order valence-electron chi connectivity index (χ0n) is 14.7. The molecule has 26 heavy (non-hydrogen) atoms. The van der Waals surface area contributed by atoms with Crippen LogP contribution in [-0.2, 0) is 0 Å². The number of rotatable bonds is 4. The molecule has 0 aliphatic heterocycles. The van der Waals surface area contributed by atoms with Crippen molar-refractivity contribution in [2.24, 2.45) is 0 Å². The molecule has 0 spiro atoms. The summed E-state index contributed by atoms with van der Waals surface area (Å²) in [4.78, 5) is 21.9. The second-order valence-electron chi connectivity index (χ2n) is 6.61. The first-order chi connectivity index (χ1) is 12.5. The number of fused-ring (bicyclic) bond motifs is 3. The molecule has 1 atom stereocenters. The Bertz CT molecular complexity index is 1150. The molecule has 3 heterocycles. The zero-order valence-corrected chi connectivity index (χ0v) is 14.7. The first-order valence-electron chi connectivity index (χ1n) is 8.48. The molecular weight excluding hydrogens is 334 g/mol. The van der Waals surface area contributed by atoms with E-state index in [1.165, 1.54) is 0 Å². The molecule has 4 aromatic rings. The van der Waals surface area contributed by atoms with Gasteiger partial charge in [0.2, 0.25) is 0 Å². The molecule has 3 aromatic heterocycles. The minimum Gasteiger partial charge on any atom is -0.396 e. The lowest BCUT2D eigenvalue weighted by Crippen LogP contribution is -2.24. The molecule has 1 N–H and O–H groups in total. The molecule has 0 aliphatic carbocycles. The molecule has 0 amide bonds. The Hall–Kier alpha value is -3.00. The van der Waals surface area contributed by atoms with Gasteiger partial charge in [-0.1, -0.05) is 24.2 Å². The second kappa shape index (κ2) is 6.06. The van der Waals surface area contributed by atoms with Gasteiger partial charge in [-0.2, -0.15) is 4.98 Å². The molecule has 4 rings (SSSR count). The van der Waals surface area contributed by atoms with Crippen LogP contribution in [0, 0.1) is 0 Å². The third-order valence-electron chi connectivity index (χ3n) is 4.47. The third-order valence-corrected chi connectivity index (χ3v) is 4.47. The normalized spacial score (nSPS) is 13.1. The van der Waals surface area contributed by atoms with Gasteiger partial charge >= 0.3 is 0 Å². The molecule has 0 fully saturated rings. The van der Waals surface area contributed by atoms with Crippen molar-refractivity contribution < 1.29 is 9.63 Å². The number of benzene rings is 1. The van der Waals surface area contributed by atoms with E-state index in [9.17, 15) is 9.90 Å². The summed E-state index contributed by atoms with van der Waals surface area (Å²) in [7, 11) is 0. The van der Waals surface area contributed by atoms with E-state index in [2.05, 4.69) is 15.1 Å². The maximum atomic E-state index is 13.2. The molecule has 0 bridgehead atoms. The first-order valence-corrected chi connectivity index (χ1v) is 8.48. The molecule has 0 saturated carbocycles. The van der Waals surface area contributed by atoms with Crippen LogP contribution in [0.1, 0.15) is 38.6 Å². The smallest absolute Gasteiger partial charge is 0.278 e. The summed E-state index contributed by atoms with van der Waals surface area (Å²) in [5.74, 6) is 0.300. The van der Waals surface area contributed by atoms with E-state index in [0.29, 0.717) is 17.0 Å². The molecule has 8 heteroatoms. The van der Waals surface area contributed by atoms with E-state index in [1.807, 2.05) is 38.1 Å². The lowest BCUT2D eigenvalue weighted by Gasteiger charge is -2.15. The van der Waals surface area contributed by atoms with Gasteiger partial charge in [0.15, 0.2) is 11.5 Å². The van der Waals surface area contributed by atoms with Crippen LogP contribution >= 0.6 is 0 Å². The fraction of sp³-hybridized carbons (Fsp3) is 0.333. The summed E-state index contributed by atoms with van der Waals surface area (Å²) in [5.41, 5.74) is 2.28. The average Bonchev–Trinajstić information content (AvgIpc) is 3.28. The Kier molecular flexibility index (Phi) is 3.84.